The van der Waals surface area contributed by atoms with Crippen molar-refractivity contribution in [2.24, 2.45) is 0 Å². The molecule has 1 atom stereocenters. The van der Waals surface area contributed by atoms with E-state index < -0.39 is 5.82 Å². The molecule has 0 saturated carbocycles. The predicted octanol–water partition coefficient (Wildman–Crippen LogP) is 4.27. The highest BCUT2D eigenvalue weighted by molar-refractivity contribution is 5.21. The Balaban J connectivity index is 2.10. The Morgan fingerprint density at radius 1 is 1.19 bits per heavy atom. The summed E-state index contributed by atoms with van der Waals surface area (Å²) in [5.41, 5.74) is 1.55. The molecule has 2 aromatic rings. The van der Waals surface area contributed by atoms with Crippen LogP contribution >= 0.6 is 0 Å². The van der Waals surface area contributed by atoms with Crippen LogP contribution in [0.25, 0.3) is 0 Å². The Kier molecular flexibility index (Phi) is 5.51. The van der Waals surface area contributed by atoms with Crippen LogP contribution in [-0.2, 0) is 6.54 Å². The van der Waals surface area contributed by atoms with Gasteiger partial charge in [0.15, 0.2) is 0 Å². The maximum absolute atomic E-state index is 13.7. The number of aromatic nitrogens is 1. The Labute approximate surface area is 124 Å². The first-order chi connectivity index (χ1) is 10.1. The molecule has 0 amide bonds. The Hall–Kier alpha value is -1.68. The van der Waals surface area contributed by atoms with E-state index in [1.807, 2.05) is 23.0 Å². The Bertz CT molecular complexity index is 578. The van der Waals surface area contributed by atoms with E-state index in [9.17, 15) is 8.78 Å². The minimum absolute atomic E-state index is 0.309. The van der Waals surface area contributed by atoms with E-state index in [4.69, 9.17) is 0 Å². The SMILES string of the molecule is CCCNC(CC)c1ccn(Cc2cc(F)ccc2F)c1. The minimum atomic E-state index is -0.408. The number of rotatable bonds is 7. The lowest BCUT2D eigenvalue weighted by molar-refractivity contribution is 0.517. The van der Waals surface area contributed by atoms with Crippen LogP contribution in [0.5, 0.6) is 0 Å². The van der Waals surface area contributed by atoms with Gasteiger partial charge in [0.25, 0.3) is 0 Å². The maximum Gasteiger partial charge on any atom is 0.128 e. The van der Waals surface area contributed by atoms with Gasteiger partial charge in [0.2, 0.25) is 0 Å². The van der Waals surface area contributed by atoms with Crippen LogP contribution in [0.2, 0.25) is 0 Å². The molecule has 4 heteroatoms. The van der Waals surface area contributed by atoms with E-state index in [-0.39, 0.29) is 5.82 Å². The summed E-state index contributed by atoms with van der Waals surface area (Å²) >= 11 is 0. The normalized spacial score (nSPS) is 12.6. The molecule has 0 aliphatic rings. The summed E-state index contributed by atoms with van der Waals surface area (Å²) in [5, 5.41) is 3.49. The molecular formula is C17H22F2N2. The van der Waals surface area contributed by atoms with Crippen molar-refractivity contribution in [3.05, 3.63) is 59.4 Å². The van der Waals surface area contributed by atoms with Crippen LogP contribution in [0.15, 0.2) is 36.7 Å². The second-order valence-corrected chi connectivity index (χ2v) is 5.27. The monoisotopic (exact) mass is 292 g/mol. The Morgan fingerprint density at radius 2 is 2.00 bits per heavy atom. The van der Waals surface area contributed by atoms with E-state index in [1.165, 1.54) is 17.7 Å². The first-order valence-corrected chi connectivity index (χ1v) is 7.47. The summed E-state index contributed by atoms with van der Waals surface area (Å²) in [4.78, 5) is 0. The first-order valence-electron chi connectivity index (χ1n) is 7.47. The molecule has 0 saturated heterocycles. The lowest BCUT2D eigenvalue weighted by Gasteiger charge is -2.15. The fraction of sp³-hybridized carbons (Fsp3) is 0.412. The average Bonchev–Trinajstić information content (AvgIpc) is 2.92. The molecule has 21 heavy (non-hydrogen) atoms. The van der Waals surface area contributed by atoms with Crippen LogP contribution in [-0.4, -0.2) is 11.1 Å². The number of nitrogens with one attached hydrogen (secondary N) is 1. The molecule has 0 fully saturated rings. The van der Waals surface area contributed by atoms with Crippen LogP contribution < -0.4 is 5.32 Å². The molecule has 0 aliphatic heterocycles. The number of halogens is 2. The fourth-order valence-electron chi connectivity index (χ4n) is 2.44. The van der Waals surface area contributed by atoms with Crippen LogP contribution in [0.3, 0.4) is 0 Å². The lowest BCUT2D eigenvalue weighted by atomic mass is 10.1. The summed E-state index contributed by atoms with van der Waals surface area (Å²) < 4.78 is 28.7. The fourth-order valence-corrected chi connectivity index (χ4v) is 2.44. The van der Waals surface area contributed by atoms with Gasteiger partial charge >= 0.3 is 0 Å². The highest BCUT2D eigenvalue weighted by Crippen LogP contribution is 2.18. The van der Waals surface area contributed by atoms with Gasteiger partial charge in [0.05, 0.1) is 0 Å². The topological polar surface area (TPSA) is 17.0 Å². The van der Waals surface area contributed by atoms with Crippen molar-refractivity contribution in [1.82, 2.24) is 9.88 Å². The molecule has 0 radical (unpaired) electrons. The number of benzene rings is 1. The van der Waals surface area contributed by atoms with E-state index in [0.717, 1.165) is 25.5 Å². The van der Waals surface area contributed by atoms with Crippen molar-refractivity contribution < 1.29 is 8.78 Å². The molecule has 1 heterocycles. The summed E-state index contributed by atoms with van der Waals surface area (Å²) in [6.45, 7) is 5.59. The quantitative estimate of drug-likeness (QED) is 0.806. The molecule has 0 spiro atoms. The van der Waals surface area contributed by atoms with Gasteiger partial charge in [-0.25, -0.2) is 8.78 Å². The molecule has 1 aromatic heterocycles. The van der Waals surface area contributed by atoms with Gasteiger partial charge in [0, 0.05) is 30.5 Å². The van der Waals surface area contributed by atoms with Crippen molar-refractivity contribution in [2.75, 3.05) is 6.54 Å². The van der Waals surface area contributed by atoms with Crippen LogP contribution in [0, 0.1) is 11.6 Å². The van der Waals surface area contributed by atoms with Gasteiger partial charge in [-0.1, -0.05) is 13.8 Å². The van der Waals surface area contributed by atoms with Gasteiger partial charge in [-0.05, 0) is 49.2 Å². The van der Waals surface area contributed by atoms with Crippen molar-refractivity contribution in [1.29, 1.82) is 0 Å². The third-order valence-electron chi connectivity index (χ3n) is 3.59. The average molecular weight is 292 g/mol. The van der Waals surface area contributed by atoms with Crippen molar-refractivity contribution in [2.45, 2.75) is 39.3 Å². The Morgan fingerprint density at radius 3 is 2.71 bits per heavy atom. The van der Waals surface area contributed by atoms with Crippen molar-refractivity contribution in [3.8, 4) is 0 Å². The first kappa shape index (κ1) is 15.7. The molecule has 114 valence electrons. The summed E-state index contributed by atoms with van der Waals surface area (Å²) in [6.07, 6.45) is 6.00. The summed E-state index contributed by atoms with van der Waals surface area (Å²) in [6, 6.07) is 5.91. The maximum atomic E-state index is 13.7. The van der Waals surface area contributed by atoms with E-state index in [2.05, 4.69) is 19.2 Å². The second-order valence-electron chi connectivity index (χ2n) is 5.27. The predicted molar refractivity (Wildman–Crippen MR) is 81.2 cm³/mol. The van der Waals surface area contributed by atoms with E-state index in [0.29, 0.717) is 18.2 Å². The zero-order valence-electron chi connectivity index (χ0n) is 12.6. The molecule has 0 aliphatic carbocycles. The third kappa shape index (κ3) is 4.14. The third-order valence-corrected chi connectivity index (χ3v) is 3.59. The molecule has 0 bridgehead atoms. The van der Waals surface area contributed by atoms with Crippen molar-refractivity contribution >= 4 is 0 Å². The molecule has 1 aromatic carbocycles. The van der Waals surface area contributed by atoms with Gasteiger partial charge in [-0.3, -0.25) is 0 Å². The van der Waals surface area contributed by atoms with Crippen LogP contribution in [0.1, 0.15) is 43.9 Å². The molecular weight excluding hydrogens is 270 g/mol. The summed E-state index contributed by atoms with van der Waals surface area (Å²) in [5.74, 6) is -0.780. The molecule has 2 rings (SSSR count). The van der Waals surface area contributed by atoms with E-state index in [1.54, 1.807) is 0 Å². The molecule has 1 unspecified atom stereocenters. The van der Waals surface area contributed by atoms with E-state index >= 15 is 0 Å². The number of hydrogen-bond acceptors (Lipinski definition) is 1. The van der Waals surface area contributed by atoms with Gasteiger partial charge < -0.3 is 9.88 Å². The zero-order chi connectivity index (χ0) is 15.2. The zero-order valence-corrected chi connectivity index (χ0v) is 12.6. The molecule has 2 nitrogen and oxygen atoms in total. The highest BCUT2D eigenvalue weighted by Gasteiger charge is 2.10. The van der Waals surface area contributed by atoms with Gasteiger partial charge in [-0.15, -0.1) is 0 Å². The van der Waals surface area contributed by atoms with Gasteiger partial charge in [-0.2, -0.15) is 0 Å². The number of nitrogens with zero attached hydrogens (tertiary/aromatic N) is 1. The number of hydrogen-bond donors (Lipinski definition) is 1. The largest absolute Gasteiger partial charge is 0.349 e. The minimum Gasteiger partial charge on any atom is -0.349 e. The van der Waals surface area contributed by atoms with Crippen molar-refractivity contribution in [3.63, 3.8) is 0 Å². The standard InChI is InChI=1S/C17H22F2N2/c1-3-8-20-17(4-2)13-7-9-21(11-13)12-14-10-15(18)5-6-16(14)19/h5-7,9-11,17,20H,3-4,8,12H2,1-2H3. The lowest BCUT2D eigenvalue weighted by Crippen LogP contribution is -2.21. The van der Waals surface area contributed by atoms with Crippen LogP contribution in [0.4, 0.5) is 8.78 Å². The van der Waals surface area contributed by atoms with Gasteiger partial charge in [0.1, 0.15) is 11.6 Å². The second kappa shape index (κ2) is 7.36. The molecule has 1 N–H and O–H groups in total. The smallest absolute Gasteiger partial charge is 0.128 e. The summed E-state index contributed by atoms with van der Waals surface area (Å²) in [7, 11) is 0. The highest BCUT2D eigenvalue weighted by atomic mass is 19.1.